The van der Waals surface area contributed by atoms with Crippen LogP contribution >= 0.6 is 68.0 Å². The Morgan fingerprint density at radius 3 is 1.16 bits per heavy atom. The highest BCUT2D eigenvalue weighted by Crippen LogP contribution is 2.48. The standard InChI is InChI=1S/C38H42S6/c1-5-7-9-11-13-27-15-17-29(39-27)31-19-21-33(41-31)35-23-25(3)37(43-35)38-26(4)24-36(44-38)34-22-20-32(42-34)30-18-16-28(40-30)14-12-10-8-6-2/h15-24H,5-14H2,1-4H3. The van der Waals surface area contributed by atoms with E-state index in [1.807, 2.05) is 68.0 Å². The van der Waals surface area contributed by atoms with Crippen molar-refractivity contribution in [2.45, 2.75) is 91.9 Å². The van der Waals surface area contributed by atoms with Crippen LogP contribution in [0.1, 0.15) is 86.1 Å². The Hall–Kier alpha value is -1.80. The molecule has 0 spiro atoms. The first-order valence-corrected chi connectivity index (χ1v) is 21.0. The van der Waals surface area contributed by atoms with Crippen molar-refractivity contribution in [3.05, 3.63) is 81.5 Å². The van der Waals surface area contributed by atoms with Crippen LogP contribution in [0.15, 0.2) is 60.7 Å². The maximum absolute atomic E-state index is 2.40. The van der Waals surface area contributed by atoms with Crippen molar-refractivity contribution in [2.24, 2.45) is 0 Å². The number of hydrogen-bond acceptors (Lipinski definition) is 6. The van der Waals surface area contributed by atoms with Crippen LogP contribution in [0, 0.1) is 13.8 Å². The Morgan fingerprint density at radius 1 is 0.386 bits per heavy atom. The molecule has 0 atom stereocenters. The van der Waals surface area contributed by atoms with E-state index >= 15 is 0 Å². The zero-order valence-corrected chi connectivity index (χ0v) is 31.2. The van der Waals surface area contributed by atoms with E-state index in [0.717, 1.165) is 0 Å². The average Bonchev–Trinajstić information content (AvgIpc) is 3.84. The van der Waals surface area contributed by atoms with Crippen molar-refractivity contribution in [1.82, 2.24) is 0 Å². The lowest BCUT2D eigenvalue weighted by Crippen LogP contribution is -1.80. The molecule has 6 heterocycles. The summed E-state index contributed by atoms with van der Waals surface area (Å²) >= 11 is 11.8. The summed E-state index contributed by atoms with van der Waals surface area (Å²) in [6.45, 7) is 9.14. The number of unbranched alkanes of at least 4 members (excludes halogenated alkanes) is 6. The van der Waals surface area contributed by atoms with Crippen molar-refractivity contribution in [3.63, 3.8) is 0 Å². The quantitative estimate of drug-likeness (QED) is 0.0941. The van der Waals surface area contributed by atoms with Gasteiger partial charge in [-0.1, -0.05) is 52.4 Å². The molecule has 0 aliphatic rings. The summed E-state index contributed by atoms with van der Waals surface area (Å²) in [4.78, 5) is 17.1. The molecule has 0 unspecified atom stereocenters. The number of hydrogen-bond donors (Lipinski definition) is 0. The van der Waals surface area contributed by atoms with E-state index in [1.54, 1.807) is 0 Å². The molecule has 0 bridgehead atoms. The molecule has 0 amide bonds. The second-order valence-corrected chi connectivity index (χ2v) is 18.3. The molecule has 230 valence electrons. The molecular weight excluding hydrogens is 649 g/mol. The third-order valence-electron chi connectivity index (χ3n) is 8.10. The minimum absolute atomic E-state index is 1.22. The van der Waals surface area contributed by atoms with E-state index in [0.29, 0.717) is 0 Å². The summed E-state index contributed by atoms with van der Waals surface area (Å²) in [7, 11) is 0. The van der Waals surface area contributed by atoms with Crippen molar-refractivity contribution >= 4 is 68.0 Å². The molecule has 6 aromatic heterocycles. The fraction of sp³-hybridized carbons (Fsp3) is 0.368. The highest BCUT2D eigenvalue weighted by Gasteiger charge is 2.18. The molecule has 0 aliphatic carbocycles. The number of aryl methyl sites for hydroxylation is 4. The van der Waals surface area contributed by atoms with Crippen LogP contribution < -0.4 is 0 Å². The number of rotatable bonds is 15. The maximum Gasteiger partial charge on any atom is 0.0481 e. The van der Waals surface area contributed by atoms with E-state index in [-0.39, 0.29) is 0 Å². The van der Waals surface area contributed by atoms with Gasteiger partial charge in [0.15, 0.2) is 0 Å². The molecular formula is C38H42S6. The van der Waals surface area contributed by atoms with Crippen LogP contribution in [0.4, 0.5) is 0 Å². The van der Waals surface area contributed by atoms with Crippen LogP contribution in [0.5, 0.6) is 0 Å². The van der Waals surface area contributed by atoms with E-state index < -0.39 is 0 Å². The highest BCUT2D eigenvalue weighted by molar-refractivity contribution is 7.30. The van der Waals surface area contributed by atoms with Crippen LogP contribution in [-0.2, 0) is 12.8 Å². The molecule has 6 heteroatoms. The summed E-state index contributed by atoms with van der Waals surface area (Å²) in [6, 6.07) is 23.5. The smallest absolute Gasteiger partial charge is 0.0481 e. The molecule has 0 nitrogen and oxygen atoms in total. The first-order valence-electron chi connectivity index (χ1n) is 16.1. The Kier molecular flexibility index (Phi) is 11.1. The fourth-order valence-electron chi connectivity index (χ4n) is 5.60. The molecule has 6 rings (SSSR count). The summed E-state index contributed by atoms with van der Waals surface area (Å²) in [5.41, 5.74) is 2.78. The van der Waals surface area contributed by atoms with Gasteiger partial charge < -0.3 is 0 Å². The van der Waals surface area contributed by atoms with Crippen molar-refractivity contribution in [1.29, 1.82) is 0 Å². The molecule has 0 fully saturated rings. The van der Waals surface area contributed by atoms with Gasteiger partial charge in [0.05, 0.1) is 0 Å². The molecule has 0 saturated carbocycles. The van der Waals surface area contributed by atoms with Gasteiger partial charge in [0, 0.05) is 58.5 Å². The number of thiophene rings is 6. The third-order valence-corrected chi connectivity index (χ3v) is 16.0. The van der Waals surface area contributed by atoms with Gasteiger partial charge in [-0.25, -0.2) is 0 Å². The normalized spacial score (nSPS) is 11.6. The predicted octanol–water partition coefficient (Wildman–Crippen LogP) is 15.3. The van der Waals surface area contributed by atoms with Gasteiger partial charge in [-0.15, -0.1) is 68.0 Å². The Labute approximate surface area is 288 Å². The highest BCUT2D eigenvalue weighted by atomic mass is 32.1. The first kappa shape index (κ1) is 32.2. The Balaban J connectivity index is 1.15. The van der Waals surface area contributed by atoms with Gasteiger partial charge in [-0.2, -0.15) is 0 Å². The van der Waals surface area contributed by atoms with Gasteiger partial charge in [0.1, 0.15) is 0 Å². The zero-order chi connectivity index (χ0) is 30.5. The zero-order valence-electron chi connectivity index (χ0n) is 26.3. The van der Waals surface area contributed by atoms with Crippen LogP contribution in [-0.4, -0.2) is 0 Å². The summed E-state index contributed by atoms with van der Waals surface area (Å²) in [5.74, 6) is 0. The molecule has 0 radical (unpaired) electrons. The van der Waals surface area contributed by atoms with Crippen LogP contribution in [0.3, 0.4) is 0 Å². The van der Waals surface area contributed by atoms with Gasteiger partial charge in [0.2, 0.25) is 0 Å². The SMILES string of the molecule is CCCCCCc1ccc(-c2ccc(-c3cc(C)c(-c4sc(-c5ccc(-c6ccc(CCCCCC)s6)s5)cc4C)s3)s2)s1. The largest absolute Gasteiger partial charge is 0.139 e. The summed E-state index contributed by atoms with van der Waals surface area (Å²) in [6.07, 6.45) is 13.1. The minimum Gasteiger partial charge on any atom is -0.139 e. The lowest BCUT2D eigenvalue weighted by Gasteiger charge is -1.97. The second-order valence-electron chi connectivity index (χ2n) is 11.7. The van der Waals surface area contributed by atoms with E-state index in [1.165, 1.54) is 134 Å². The Bertz CT molecular complexity index is 1650. The summed E-state index contributed by atoms with van der Waals surface area (Å²) in [5, 5.41) is 0. The molecule has 44 heavy (non-hydrogen) atoms. The molecule has 0 N–H and O–H groups in total. The molecule has 0 aliphatic heterocycles. The second kappa shape index (κ2) is 15.2. The van der Waals surface area contributed by atoms with Gasteiger partial charge in [-0.3, -0.25) is 0 Å². The van der Waals surface area contributed by atoms with E-state index in [9.17, 15) is 0 Å². The van der Waals surface area contributed by atoms with Crippen molar-refractivity contribution < 1.29 is 0 Å². The van der Waals surface area contributed by atoms with Crippen LogP contribution in [0.2, 0.25) is 0 Å². The van der Waals surface area contributed by atoms with E-state index in [2.05, 4.69) is 88.4 Å². The Morgan fingerprint density at radius 2 is 0.750 bits per heavy atom. The van der Waals surface area contributed by atoms with E-state index in [4.69, 9.17) is 0 Å². The van der Waals surface area contributed by atoms with Gasteiger partial charge in [-0.05, 0) is 111 Å². The van der Waals surface area contributed by atoms with Crippen LogP contribution in [0.25, 0.3) is 48.8 Å². The van der Waals surface area contributed by atoms with Crippen molar-refractivity contribution in [2.75, 3.05) is 0 Å². The van der Waals surface area contributed by atoms with Crippen molar-refractivity contribution in [3.8, 4) is 48.8 Å². The van der Waals surface area contributed by atoms with Gasteiger partial charge in [0.25, 0.3) is 0 Å². The minimum atomic E-state index is 1.22. The predicted molar refractivity (Wildman–Crippen MR) is 206 cm³/mol. The maximum atomic E-state index is 2.40. The lowest BCUT2D eigenvalue weighted by molar-refractivity contribution is 0.670. The molecule has 0 saturated heterocycles. The average molecular weight is 691 g/mol. The summed E-state index contributed by atoms with van der Waals surface area (Å²) < 4.78 is 0. The topological polar surface area (TPSA) is 0 Å². The molecule has 0 aromatic carbocycles. The fourth-order valence-corrected chi connectivity index (χ4v) is 12.7. The first-order chi connectivity index (χ1) is 21.5. The lowest BCUT2D eigenvalue weighted by atomic mass is 10.1. The molecule has 6 aromatic rings. The monoisotopic (exact) mass is 690 g/mol. The van der Waals surface area contributed by atoms with Gasteiger partial charge >= 0.3 is 0 Å². The third kappa shape index (κ3) is 7.59.